The summed E-state index contributed by atoms with van der Waals surface area (Å²) in [5.74, 6) is -0.367. The van der Waals surface area contributed by atoms with E-state index in [1.165, 1.54) is 0 Å². The molecule has 0 radical (unpaired) electrons. The Labute approximate surface area is 133 Å². The minimum absolute atomic E-state index is 0.127. The molecule has 1 N–H and O–H groups in total. The normalized spacial score (nSPS) is 10.6. The maximum Gasteiger partial charge on any atom is 0.355 e. The second-order valence-electron chi connectivity index (χ2n) is 4.86. The van der Waals surface area contributed by atoms with Crippen molar-refractivity contribution in [2.24, 2.45) is 0 Å². The Morgan fingerprint density at radius 2 is 1.78 bits per heavy atom. The van der Waals surface area contributed by atoms with Crippen LogP contribution in [-0.4, -0.2) is 33.7 Å². The van der Waals surface area contributed by atoms with E-state index in [4.69, 9.17) is 13.9 Å². The van der Waals surface area contributed by atoms with E-state index in [1.807, 2.05) is 6.92 Å². The van der Waals surface area contributed by atoms with Gasteiger partial charge in [-0.15, -0.1) is 10.2 Å². The van der Waals surface area contributed by atoms with Crippen LogP contribution in [0.25, 0.3) is 0 Å². The molecule has 2 aromatic heterocycles. The molecule has 2 heterocycles. The van der Waals surface area contributed by atoms with Crippen molar-refractivity contribution in [3.8, 4) is 0 Å². The highest BCUT2D eigenvalue weighted by molar-refractivity contribution is 5.98. The van der Waals surface area contributed by atoms with Crippen LogP contribution in [-0.2, 0) is 22.5 Å². The highest BCUT2D eigenvalue weighted by Gasteiger charge is 2.24. The van der Waals surface area contributed by atoms with Gasteiger partial charge in [-0.2, -0.15) is 0 Å². The summed E-state index contributed by atoms with van der Waals surface area (Å²) >= 11 is 0. The number of aromatic nitrogens is 3. The number of nitrogens with zero attached hydrogens (tertiary/aromatic N) is 2. The van der Waals surface area contributed by atoms with Crippen molar-refractivity contribution in [2.45, 2.75) is 40.7 Å². The molecule has 0 bridgehead atoms. The lowest BCUT2D eigenvalue weighted by Crippen LogP contribution is -2.09. The molecule has 23 heavy (non-hydrogen) atoms. The summed E-state index contributed by atoms with van der Waals surface area (Å²) in [6.45, 7) is 7.10. The van der Waals surface area contributed by atoms with Gasteiger partial charge in [-0.05, 0) is 26.3 Å². The number of carbonyl (C=O) groups excluding carboxylic acids is 2. The molecule has 0 atom stereocenters. The molecular formula is C15H19N3O5. The van der Waals surface area contributed by atoms with Crippen molar-refractivity contribution in [1.29, 1.82) is 0 Å². The van der Waals surface area contributed by atoms with Gasteiger partial charge >= 0.3 is 11.9 Å². The molecule has 124 valence electrons. The van der Waals surface area contributed by atoms with Crippen molar-refractivity contribution >= 4 is 11.9 Å². The number of hydrogen-bond donors (Lipinski definition) is 1. The molecule has 0 saturated heterocycles. The lowest BCUT2D eigenvalue weighted by atomic mass is 10.1. The lowest BCUT2D eigenvalue weighted by molar-refractivity contribution is 0.0429. The second kappa shape index (κ2) is 7.08. The first-order valence-electron chi connectivity index (χ1n) is 7.32. The zero-order valence-corrected chi connectivity index (χ0v) is 13.6. The first-order valence-corrected chi connectivity index (χ1v) is 7.32. The first-order chi connectivity index (χ1) is 11.0. The molecule has 2 aromatic rings. The van der Waals surface area contributed by atoms with Gasteiger partial charge in [0.2, 0.25) is 5.89 Å². The molecule has 0 aliphatic heterocycles. The molecule has 8 heteroatoms. The van der Waals surface area contributed by atoms with Crippen LogP contribution in [0.1, 0.15) is 57.7 Å². The van der Waals surface area contributed by atoms with E-state index in [-0.39, 0.29) is 24.8 Å². The number of nitrogens with one attached hydrogen (secondary N) is 1. The van der Waals surface area contributed by atoms with Gasteiger partial charge in [0.1, 0.15) is 5.69 Å². The molecular weight excluding hydrogens is 302 g/mol. The van der Waals surface area contributed by atoms with Gasteiger partial charge in [0, 0.05) is 12.1 Å². The molecule has 0 unspecified atom stereocenters. The number of aromatic amines is 1. The highest BCUT2D eigenvalue weighted by Crippen LogP contribution is 2.20. The highest BCUT2D eigenvalue weighted by atomic mass is 16.5. The van der Waals surface area contributed by atoms with E-state index < -0.39 is 11.9 Å². The Morgan fingerprint density at radius 1 is 1.09 bits per heavy atom. The number of aryl methyl sites for hydroxylation is 2. The third kappa shape index (κ3) is 3.58. The molecule has 0 spiro atoms. The van der Waals surface area contributed by atoms with Crippen molar-refractivity contribution in [1.82, 2.24) is 15.2 Å². The van der Waals surface area contributed by atoms with Gasteiger partial charge in [0.25, 0.3) is 5.89 Å². The third-order valence-corrected chi connectivity index (χ3v) is 3.26. The SMILES string of the molecule is CCOC(=O)c1c(C)[nH]c(C(=O)OCc2nnc(CC)o2)c1C. The molecule has 0 saturated carbocycles. The molecule has 0 aromatic carbocycles. The summed E-state index contributed by atoms with van der Waals surface area (Å²) in [6, 6.07) is 0. The lowest BCUT2D eigenvalue weighted by Gasteiger charge is -2.03. The minimum Gasteiger partial charge on any atom is -0.462 e. The fourth-order valence-corrected chi connectivity index (χ4v) is 2.15. The van der Waals surface area contributed by atoms with Gasteiger partial charge in [-0.25, -0.2) is 9.59 Å². The van der Waals surface area contributed by atoms with Gasteiger partial charge in [0.05, 0.1) is 12.2 Å². The maximum absolute atomic E-state index is 12.2. The number of hydrogen-bond acceptors (Lipinski definition) is 7. The number of H-pyrrole nitrogens is 1. The van der Waals surface area contributed by atoms with Crippen molar-refractivity contribution in [2.75, 3.05) is 6.61 Å². The zero-order valence-electron chi connectivity index (χ0n) is 13.6. The largest absolute Gasteiger partial charge is 0.462 e. The van der Waals surface area contributed by atoms with Crippen LogP contribution >= 0.6 is 0 Å². The van der Waals surface area contributed by atoms with Gasteiger partial charge in [0.15, 0.2) is 6.61 Å². The van der Waals surface area contributed by atoms with E-state index in [0.717, 1.165) is 0 Å². The Bertz CT molecular complexity index is 717. The van der Waals surface area contributed by atoms with Crippen molar-refractivity contribution in [3.63, 3.8) is 0 Å². The first kappa shape index (κ1) is 16.7. The third-order valence-electron chi connectivity index (χ3n) is 3.26. The van der Waals surface area contributed by atoms with Gasteiger partial charge < -0.3 is 18.9 Å². The quantitative estimate of drug-likeness (QED) is 0.812. The molecule has 0 amide bonds. The fourth-order valence-electron chi connectivity index (χ4n) is 2.15. The smallest absolute Gasteiger partial charge is 0.355 e. The summed E-state index contributed by atoms with van der Waals surface area (Å²) in [5, 5.41) is 7.56. The predicted octanol–water partition coefficient (Wildman–Crippen LogP) is 2.11. The molecule has 2 rings (SSSR count). The number of carbonyl (C=O) groups is 2. The Balaban J connectivity index is 2.10. The Morgan fingerprint density at radius 3 is 2.39 bits per heavy atom. The summed E-state index contributed by atoms with van der Waals surface area (Å²) in [6.07, 6.45) is 0.610. The Kier molecular flexibility index (Phi) is 5.15. The van der Waals surface area contributed by atoms with Crippen molar-refractivity contribution in [3.05, 3.63) is 34.3 Å². The number of esters is 2. The summed E-state index contributed by atoms with van der Waals surface area (Å²) in [7, 11) is 0. The van der Waals surface area contributed by atoms with E-state index in [0.29, 0.717) is 29.1 Å². The average molecular weight is 321 g/mol. The summed E-state index contributed by atoms with van der Waals surface area (Å²) in [4.78, 5) is 26.9. The summed E-state index contributed by atoms with van der Waals surface area (Å²) < 4.78 is 15.4. The van der Waals surface area contributed by atoms with Gasteiger partial charge in [-0.3, -0.25) is 0 Å². The Hall–Kier alpha value is -2.64. The molecule has 0 aliphatic rings. The van der Waals surface area contributed by atoms with Crippen LogP contribution in [0, 0.1) is 13.8 Å². The molecule has 0 fully saturated rings. The van der Waals surface area contributed by atoms with Crippen molar-refractivity contribution < 1.29 is 23.5 Å². The van der Waals surface area contributed by atoms with Crippen LogP contribution in [0.3, 0.4) is 0 Å². The fraction of sp³-hybridized carbons (Fsp3) is 0.467. The summed E-state index contributed by atoms with van der Waals surface area (Å²) in [5.41, 5.74) is 1.61. The van der Waals surface area contributed by atoms with Crippen LogP contribution < -0.4 is 0 Å². The average Bonchev–Trinajstić information content (AvgIpc) is 3.09. The van der Waals surface area contributed by atoms with Crippen LogP contribution in [0.5, 0.6) is 0 Å². The predicted molar refractivity (Wildman–Crippen MR) is 79.0 cm³/mol. The standard InChI is InChI=1S/C15H19N3O5/c1-5-10-17-18-11(23-10)7-22-15(20)13-8(3)12(9(4)16-13)14(19)21-6-2/h16H,5-7H2,1-4H3. The van der Waals surface area contributed by atoms with Crippen LogP contribution in [0.4, 0.5) is 0 Å². The van der Waals surface area contributed by atoms with Gasteiger partial charge in [-0.1, -0.05) is 6.92 Å². The van der Waals surface area contributed by atoms with Crippen LogP contribution in [0.15, 0.2) is 4.42 Å². The number of ether oxygens (including phenoxy) is 2. The van der Waals surface area contributed by atoms with E-state index in [2.05, 4.69) is 15.2 Å². The van der Waals surface area contributed by atoms with Crippen LogP contribution in [0.2, 0.25) is 0 Å². The van der Waals surface area contributed by atoms with E-state index in [1.54, 1.807) is 20.8 Å². The second-order valence-corrected chi connectivity index (χ2v) is 4.86. The van der Waals surface area contributed by atoms with E-state index >= 15 is 0 Å². The van der Waals surface area contributed by atoms with E-state index in [9.17, 15) is 9.59 Å². The monoisotopic (exact) mass is 321 g/mol. The topological polar surface area (TPSA) is 107 Å². The number of rotatable bonds is 6. The molecule has 0 aliphatic carbocycles. The minimum atomic E-state index is -0.600. The molecule has 8 nitrogen and oxygen atoms in total. The zero-order chi connectivity index (χ0) is 17.0. The maximum atomic E-state index is 12.2.